The number of hydrogen-bond acceptors (Lipinski definition) is 22. The number of hydrogen-bond donors (Lipinski definition) is 6. The molecule has 4 heterocycles. The van der Waals surface area contributed by atoms with Crippen LogP contribution < -0.4 is 27.8 Å². The molecular weight excluding hydrogens is 1240 g/mol. The monoisotopic (exact) mass is 1330 g/mol. The number of nitrogens with two attached hydrogens (primary N) is 1. The zero-order valence-corrected chi connectivity index (χ0v) is 54.3. The number of carboxylic acids is 1. The van der Waals surface area contributed by atoms with Crippen molar-refractivity contribution >= 4 is 116 Å². The van der Waals surface area contributed by atoms with Gasteiger partial charge in [-0.3, -0.25) is 96.8 Å². The highest BCUT2D eigenvalue weighted by molar-refractivity contribution is 8.76. The second kappa shape index (κ2) is 42.0. The second-order valence-corrected chi connectivity index (χ2v) is 23.7. The molecule has 92 heavy (non-hydrogen) atoms. The summed E-state index contributed by atoms with van der Waals surface area (Å²) in [6.07, 6.45) is 11.9. The van der Waals surface area contributed by atoms with Gasteiger partial charge in [0.25, 0.3) is 35.4 Å². The fourth-order valence-corrected chi connectivity index (χ4v) is 9.45. The number of likely N-dealkylation sites (N-methyl/N-ethyl adjacent to an activating group) is 1. The van der Waals surface area contributed by atoms with Crippen LogP contribution in [-0.4, -0.2) is 210 Å². The van der Waals surface area contributed by atoms with E-state index in [4.69, 9.17) is 15.6 Å². The van der Waals surface area contributed by atoms with Crippen LogP contribution in [0.25, 0.3) is 0 Å². The van der Waals surface area contributed by atoms with E-state index in [1.165, 1.54) is 69.1 Å². The molecule has 1 aromatic carbocycles. The molecule has 3 aliphatic rings. The number of unbranched alkanes of at least 4 members (excludes halogenated alkanes) is 2. The van der Waals surface area contributed by atoms with E-state index >= 15 is 0 Å². The van der Waals surface area contributed by atoms with Gasteiger partial charge in [0.2, 0.25) is 17.7 Å². The van der Waals surface area contributed by atoms with Crippen molar-refractivity contribution in [3.05, 3.63) is 101 Å². The summed E-state index contributed by atoms with van der Waals surface area (Å²) in [7, 11) is 3.88. The number of ketones is 4. The summed E-state index contributed by atoms with van der Waals surface area (Å²) in [5.74, 6) is -5.69. The van der Waals surface area contributed by atoms with Crippen molar-refractivity contribution in [3.8, 4) is 0 Å². The molecule has 0 bridgehead atoms. The molecule has 33 heteroatoms. The molecule has 5 rings (SSSR count). The molecule has 2 aromatic rings. The van der Waals surface area contributed by atoms with E-state index in [-0.39, 0.29) is 72.9 Å². The Kier molecular flexibility index (Phi) is 36.9. The molecule has 31 nitrogen and oxygen atoms in total. The van der Waals surface area contributed by atoms with Gasteiger partial charge in [-0.2, -0.15) is 0 Å². The van der Waals surface area contributed by atoms with Gasteiger partial charge >= 0.3 is 17.7 Å². The summed E-state index contributed by atoms with van der Waals surface area (Å²) in [4.78, 5) is 190. The van der Waals surface area contributed by atoms with Crippen LogP contribution in [0.4, 0.5) is 10.5 Å². The Balaban J connectivity index is 0.000000620. The number of nitro groups is 1. The number of rotatable bonds is 30. The lowest BCUT2D eigenvalue weighted by Crippen LogP contribution is -2.64. The molecule has 0 radical (unpaired) electrons. The number of carbonyl (C=O) groups excluding carboxylic acids is 14. The van der Waals surface area contributed by atoms with Crippen molar-refractivity contribution in [3.63, 3.8) is 0 Å². The summed E-state index contributed by atoms with van der Waals surface area (Å²) < 4.78 is 5.23. The van der Waals surface area contributed by atoms with E-state index in [0.717, 1.165) is 91.0 Å². The fourth-order valence-electron chi connectivity index (χ4n) is 7.19. The molecule has 3 unspecified atom stereocenters. The molecule has 3 aliphatic heterocycles. The minimum atomic E-state index is -1.17. The second-order valence-electron chi connectivity index (χ2n) is 21.3. The number of aromatic nitrogens is 1. The molecule has 1 aromatic heterocycles. The molecule has 0 spiro atoms. The minimum absolute atomic E-state index is 0.00606. The number of ether oxygens (including phenoxy) is 1. The number of quaternary nitrogens is 2. The van der Waals surface area contributed by atoms with E-state index in [9.17, 15) is 82.0 Å². The molecule has 0 aliphatic carbocycles. The van der Waals surface area contributed by atoms with Crippen LogP contribution in [-0.2, 0) is 78.4 Å². The van der Waals surface area contributed by atoms with E-state index in [2.05, 4.69) is 27.1 Å². The zero-order chi connectivity index (χ0) is 69.8. The number of pyridine rings is 1. The number of Topliss-reactive ketones (excluding diaryl/α,β-unsaturated/α-hetero) is 4. The fraction of sp³-hybridized carbons (Fsp3) is 0.458. The van der Waals surface area contributed by atoms with E-state index in [0.29, 0.717) is 30.0 Å². The smallest absolute Gasteiger partial charge is 0.411 e. The first-order valence-electron chi connectivity index (χ1n) is 28.5. The van der Waals surface area contributed by atoms with Gasteiger partial charge in [0.05, 0.1) is 30.1 Å². The molecule has 10 amide bonds. The first kappa shape index (κ1) is 80.8. The number of benzene rings is 1. The Bertz CT molecular complexity index is 3030. The number of carbonyl (C=O) groups is 15. The summed E-state index contributed by atoms with van der Waals surface area (Å²) in [5.41, 5.74) is 12.9. The topological polar surface area (TPSA) is 463 Å². The third-order valence-corrected chi connectivity index (χ3v) is 14.6. The van der Waals surface area contributed by atoms with Crippen LogP contribution in [0.15, 0.2) is 90.1 Å². The van der Waals surface area contributed by atoms with Crippen LogP contribution in [0.1, 0.15) is 92.6 Å². The largest absolute Gasteiger partial charge is 0.480 e. The molecular formula is C59H82N12O19S2+2. The van der Waals surface area contributed by atoms with E-state index in [1.54, 1.807) is 52.0 Å². The van der Waals surface area contributed by atoms with Gasteiger partial charge in [-0.05, 0) is 96.1 Å². The Labute approximate surface area is 539 Å². The van der Waals surface area contributed by atoms with Crippen LogP contribution in [0, 0.1) is 10.1 Å². The predicted molar refractivity (Wildman–Crippen MR) is 333 cm³/mol. The first-order valence-corrected chi connectivity index (χ1v) is 30.8. The first-order chi connectivity index (χ1) is 43.1. The highest BCUT2D eigenvalue weighted by Crippen LogP contribution is 2.35. The van der Waals surface area contributed by atoms with Crippen molar-refractivity contribution in [1.29, 1.82) is 0 Å². The summed E-state index contributed by atoms with van der Waals surface area (Å²) in [6, 6.07) is 10.5. The molecule has 0 saturated carbocycles. The molecule has 502 valence electrons. The van der Waals surface area contributed by atoms with Gasteiger partial charge < -0.3 is 42.6 Å². The van der Waals surface area contributed by atoms with Crippen molar-refractivity contribution in [2.24, 2.45) is 5.73 Å². The third-order valence-electron chi connectivity index (χ3n) is 12.3. The number of imide groups is 3. The van der Waals surface area contributed by atoms with Gasteiger partial charge in [0.1, 0.15) is 49.4 Å². The number of nitrogens with zero attached hydrogens (tertiary/aromatic N) is 7. The van der Waals surface area contributed by atoms with Gasteiger partial charge in [-0.25, -0.2) is 9.78 Å². The average molecular weight is 1330 g/mol. The summed E-state index contributed by atoms with van der Waals surface area (Å²) in [6.45, 7) is 9.85. The molecule has 11 N–H and O–H groups in total. The molecule has 3 atom stereocenters. The Morgan fingerprint density at radius 3 is 1.71 bits per heavy atom. The van der Waals surface area contributed by atoms with E-state index in [1.807, 2.05) is 6.07 Å². The molecule has 0 saturated heterocycles. The Hall–Kier alpha value is -9.18. The Morgan fingerprint density at radius 2 is 1.25 bits per heavy atom. The predicted octanol–water partition coefficient (Wildman–Crippen LogP) is -0.0917. The highest BCUT2D eigenvalue weighted by atomic mass is 33.1. The van der Waals surface area contributed by atoms with Crippen molar-refractivity contribution in [2.75, 3.05) is 58.6 Å². The van der Waals surface area contributed by atoms with Gasteiger partial charge in [-0.1, -0.05) is 41.1 Å². The standard InChI is InChI=1S/C19H22N4O7.C19H26N2O6.C9H11N3O3S2.C7H16N2O.C5H5NO2/c1-12(24)13(21-15(26)11-23-18(29)7-8-19(23)30)4-2-3-9-20-14(25)10-22-16(27)5-6-17(22)28;1-14(22)10-21(18(26)27-19(2,3)4)12-16(23)20(13-17(24)25)11-15-8-6-5-7-9-15;1-6(13)7(10)5-16-17-9-8(12(14)15)3-2-4-11-9;1-6(10)7(9)4-2-3-5-8;1-6-4(7)2-3-5(6)8/h5-8,13H,2-4,9-11H2,1H3,(H,20,25)(H,21,26);5-9H,10-13H2,1-4H3,(H,24,25);2-4,7H,5,10H2,1H3;7H,2-5,8-9H2,1H3;2-3H,1H3/p+2. The minimum Gasteiger partial charge on any atom is -0.480 e. The lowest BCUT2D eigenvalue weighted by atomic mass is 10.1. The maximum Gasteiger partial charge on any atom is 0.411 e. The van der Waals surface area contributed by atoms with Crippen LogP contribution in [0.2, 0.25) is 0 Å². The Morgan fingerprint density at radius 1 is 0.717 bits per heavy atom. The van der Waals surface area contributed by atoms with Crippen LogP contribution in [0.3, 0.4) is 0 Å². The van der Waals surface area contributed by atoms with Crippen LogP contribution in [0.5, 0.6) is 0 Å². The lowest BCUT2D eigenvalue weighted by molar-refractivity contribution is -0.405. The van der Waals surface area contributed by atoms with Gasteiger partial charge in [-0.15, -0.1) is 0 Å². The maximum absolute atomic E-state index is 12.6. The number of carboxylic acid groups (broad SMARTS) is 1. The van der Waals surface area contributed by atoms with Gasteiger partial charge in [0, 0.05) is 88.0 Å². The summed E-state index contributed by atoms with van der Waals surface area (Å²) in [5, 5.41) is 25.2. The summed E-state index contributed by atoms with van der Waals surface area (Å²) >= 11 is 0. The van der Waals surface area contributed by atoms with Gasteiger partial charge in [0.15, 0.2) is 16.6 Å². The van der Waals surface area contributed by atoms with Crippen molar-refractivity contribution in [2.45, 2.75) is 122 Å². The number of amides is 10. The van der Waals surface area contributed by atoms with Crippen LogP contribution >= 0.6 is 21.6 Å². The third kappa shape index (κ3) is 33.1. The number of nitrogens with one attached hydrogen (secondary N) is 2. The highest BCUT2D eigenvalue weighted by Gasteiger charge is 2.30. The SMILES string of the molecule is CC(=O)C(CCCCNC(=O)CN1C(=O)C=CC1=O)NC(=O)CN1C(=O)C=CC1=O.CC(=O)C(N)CSSc1ncccc1[N+](=O)[O-].CC(=O)C([NH3+])CCCC[NH3+].CC(=O)CN(CC(=O)N(CC(=O)O)Cc1ccccc1)C(=O)OC(C)(C)C.CN1C(=O)C=CC1=O. The quantitative estimate of drug-likeness (QED) is 0.0196. The lowest BCUT2D eigenvalue weighted by Gasteiger charge is -2.28. The van der Waals surface area contributed by atoms with Crippen molar-refractivity contribution in [1.82, 2.24) is 40.1 Å². The zero-order valence-electron chi connectivity index (χ0n) is 52.7. The van der Waals surface area contributed by atoms with E-state index < -0.39 is 95.7 Å². The van der Waals surface area contributed by atoms with Crippen molar-refractivity contribution < 1.29 is 98.2 Å². The normalized spacial score (nSPS) is 13.8. The molecule has 0 fully saturated rings. The maximum atomic E-state index is 12.6. The average Bonchev–Trinajstić information content (AvgIpc) is 1.91. The number of aliphatic carboxylic acids is 1.